The molecule has 10 aromatic rings. The van der Waals surface area contributed by atoms with Crippen molar-refractivity contribution in [1.29, 1.82) is 0 Å². The molecular weight excluding hydrogens is 601 g/mol. The lowest BCUT2D eigenvalue weighted by molar-refractivity contribution is 1.62. The fourth-order valence-electron chi connectivity index (χ4n) is 7.44. The van der Waals surface area contributed by atoms with Gasteiger partial charge in [0.2, 0.25) is 0 Å². The van der Waals surface area contributed by atoms with Crippen molar-refractivity contribution in [2.75, 3.05) is 0 Å². The predicted molar refractivity (Wildman–Crippen MR) is 216 cm³/mol. The first kappa shape index (κ1) is 22.2. The zero-order valence-electron chi connectivity index (χ0n) is 33.9. The molecule has 0 bridgehead atoms. The average Bonchev–Trinajstić information content (AvgIpc) is 3.25. The summed E-state index contributed by atoms with van der Waals surface area (Å²) >= 11 is 0. The maximum absolute atomic E-state index is 10.2. The van der Waals surface area contributed by atoms with Gasteiger partial charge in [-0.3, -0.25) is 0 Å². The summed E-state index contributed by atoms with van der Waals surface area (Å²) in [6.07, 6.45) is 0. The molecule has 0 radical (unpaired) electrons. The van der Waals surface area contributed by atoms with Crippen LogP contribution in [0.15, 0.2) is 194 Å². The van der Waals surface area contributed by atoms with Gasteiger partial charge >= 0.3 is 0 Å². The van der Waals surface area contributed by atoms with E-state index in [-0.39, 0.29) is 53.1 Å². The second kappa shape index (κ2) is 11.6. The second-order valence-corrected chi connectivity index (χ2v) is 12.7. The summed E-state index contributed by atoms with van der Waals surface area (Å²) in [5.41, 5.74) is 4.90. The largest absolute Gasteiger partial charge is 0.0636 e. The SMILES string of the molecule is [2H]c1c([2H])c([2H])c2c(-c3ccc4ccccc4c3)c3c([2H])c(-c4cccc5ccccc45)c([2H])c([2H])c3c(-c3cccc(-c4ccc5ccccc5c4)c3)c2c1[2H]. The molecular formula is C50H32. The number of hydrogen-bond donors (Lipinski definition) is 0. The molecule has 0 spiro atoms. The molecule has 0 saturated carbocycles. The van der Waals surface area contributed by atoms with Gasteiger partial charge in [0.15, 0.2) is 0 Å². The molecule has 0 heteroatoms. The first-order chi connectivity index (χ1) is 27.7. The number of benzene rings is 10. The summed E-state index contributed by atoms with van der Waals surface area (Å²) in [6, 6.07) is 48.1. The minimum Gasteiger partial charge on any atom is -0.0616 e. The van der Waals surface area contributed by atoms with E-state index in [4.69, 9.17) is 2.74 Å². The predicted octanol–water partition coefficient (Wildman–Crippen LogP) is 14.1. The van der Waals surface area contributed by atoms with Crippen molar-refractivity contribution in [3.8, 4) is 44.5 Å². The van der Waals surface area contributed by atoms with Gasteiger partial charge in [-0.1, -0.05) is 170 Å². The summed E-state index contributed by atoms with van der Waals surface area (Å²) in [5.74, 6) is 0. The van der Waals surface area contributed by atoms with Crippen LogP contribution in [0.25, 0.3) is 98.4 Å². The normalized spacial score (nSPS) is 13.6. The van der Waals surface area contributed by atoms with Crippen molar-refractivity contribution in [2.45, 2.75) is 0 Å². The van der Waals surface area contributed by atoms with Gasteiger partial charge in [0.05, 0.1) is 9.60 Å². The molecule has 232 valence electrons. The Morgan fingerprint density at radius 2 is 0.820 bits per heavy atom. The Hall–Kier alpha value is -6.50. The first-order valence-corrected chi connectivity index (χ1v) is 16.8. The Balaban J connectivity index is 1.41. The molecule has 0 amide bonds. The van der Waals surface area contributed by atoms with Crippen LogP contribution in [0.2, 0.25) is 0 Å². The van der Waals surface area contributed by atoms with Crippen LogP contribution in [-0.2, 0) is 0 Å². The zero-order chi connectivity index (χ0) is 39.1. The van der Waals surface area contributed by atoms with Crippen molar-refractivity contribution in [3.05, 3.63) is 194 Å². The third-order valence-electron chi connectivity index (χ3n) is 9.83. The van der Waals surface area contributed by atoms with Crippen LogP contribution in [0.5, 0.6) is 0 Å². The fraction of sp³-hybridized carbons (Fsp3) is 0. The van der Waals surface area contributed by atoms with E-state index in [0.717, 1.165) is 43.4 Å². The van der Waals surface area contributed by atoms with Gasteiger partial charge in [-0.2, -0.15) is 0 Å². The number of hydrogen-bond acceptors (Lipinski definition) is 0. The van der Waals surface area contributed by atoms with Crippen LogP contribution in [0, 0.1) is 0 Å². The highest BCUT2D eigenvalue weighted by atomic mass is 14.2. The topological polar surface area (TPSA) is 0 Å². The van der Waals surface area contributed by atoms with Gasteiger partial charge in [0.25, 0.3) is 0 Å². The average molecular weight is 640 g/mol. The molecule has 0 aromatic heterocycles. The van der Waals surface area contributed by atoms with Crippen LogP contribution in [0.4, 0.5) is 0 Å². The third-order valence-corrected chi connectivity index (χ3v) is 9.83. The second-order valence-electron chi connectivity index (χ2n) is 12.7. The molecule has 0 aliphatic heterocycles. The molecule has 0 saturated heterocycles. The first-order valence-electron chi connectivity index (χ1n) is 20.3. The highest BCUT2D eigenvalue weighted by molar-refractivity contribution is 6.22. The molecule has 10 aromatic carbocycles. The lowest BCUT2D eigenvalue weighted by Crippen LogP contribution is -1.92. The van der Waals surface area contributed by atoms with Crippen molar-refractivity contribution in [3.63, 3.8) is 0 Å². The molecule has 0 heterocycles. The van der Waals surface area contributed by atoms with Crippen molar-refractivity contribution >= 4 is 53.9 Å². The molecule has 0 N–H and O–H groups in total. The zero-order valence-corrected chi connectivity index (χ0v) is 26.9. The van der Waals surface area contributed by atoms with E-state index in [9.17, 15) is 6.85 Å². The Morgan fingerprint density at radius 3 is 1.58 bits per heavy atom. The van der Waals surface area contributed by atoms with E-state index >= 15 is 0 Å². The lowest BCUT2D eigenvalue weighted by atomic mass is 9.83. The highest BCUT2D eigenvalue weighted by Gasteiger charge is 2.19. The van der Waals surface area contributed by atoms with Crippen molar-refractivity contribution in [2.24, 2.45) is 0 Å². The van der Waals surface area contributed by atoms with E-state index in [1.54, 1.807) is 0 Å². The van der Waals surface area contributed by atoms with E-state index in [1.807, 2.05) is 121 Å². The van der Waals surface area contributed by atoms with Crippen molar-refractivity contribution < 1.29 is 9.60 Å². The van der Waals surface area contributed by atoms with Crippen LogP contribution >= 0.6 is 0 Å². The smallest absolute Gasteiger partial charge is 0.0616 e. The molecule has 0 atom stereocenters. The highest BCUT2D eigenvalue weighted by Crippen LogP contribution is 2.46. The van der Waals surface area contributed by atoms with Gasteiger partial charge in [-0.05, 0) is 123 Å². The van der Waals surface area contributed by atoms with E-state index in [2.05, 4.69) is 30.3 Å². The molecule has 50 heavy (non-hydrogen) atoms. The van der Waals surface area contributed by atoms with Crippen molar-refractivity contribution in [1.82, 2.24) is 0 Å². The summed E-state index contributed by atoms with van der Waals surface area (Å²) in [5, 5.41) is 7.07. The van der Waals surface area contributed by atoms with Gasteiger partial charge in [0.1, 0.15) is 0 Å². The Kier molecular flexibility index (Phi) is 5.14. The van der Waals surface area contributed by atoms with Gasteiger partial charge in [0, 0.05) is 0 Å². The maximum Gasteiger partial charge on any atom is 0.0636 e. The Morgan fingerprint density at radius 1 is 0.300 bits per heavy atom. The quantitative estimate of drug-likeness (QED) is 0.168. The molecule has 0 unspecified atom stereocenters. The minimum absolute atomic E-state index is 0.0201. The molecule has 0 aliphatic rings. The fourth-order valence-corrected chi connectivity index (χ4v) is 7.44. The standard InChI is InChI=1S/C50H32/c1-3-14-36-29-39(25-23-33(36)11-1)38-17-9-18-41(31-38)49-45-20-7-8-21-46(45)50(42-26-24-34-12-2-4-15-37(34)30-42)48-32-40(27-28-47(48)49)44-22-10-16-35-13-5-6-19-43(35)44/h1-32H/i7D,8D,20D,21D,27D,28D,32D. The summed E-state index contributed by atoms with van der Waals surface area (Å²) < 4.78 is 66.6. The van der Waals surface area contributed by atoms with E-state index in [1.165, 1.54) is 0 Å². The van der Waals surface area contributed by atoms with Gasteiger partial charge in [-0.15, -0.1) is 0 Å². The van der Waals surface area contributed by atoms with Crippen LogP contribution in [-0.4, -0.2) is 0 Å². The van der Waals surface area contributed by atoms with Crippen LogP contribution < -0.4 is 0 Å². The number of rotatable bonds is 4. The summed E-state index contributed by atoms with van der Waals surface area (Å²) in [6.45, 7) is 0. The van der Waals surface area contributed by atoms with Gasteiger partial charge < -0.3 is 0 Å². The third kappa shape index (κ3) is 4.69. The Labute approximate surface area is 301 Å². The molecule has 10 rings (SSSR count). The summed E-state index contributed by atoms with van der Waals surface area (Å²) in [4.78, 5) is 0. The number of fused-ring (bicyclic) bond motifs is 5. The maximum atomic E-state index is 10.2. The monoisotopic (exact) mass is 639 g/mol. The summed E-state index contributed by atoms with van der Waals surface area (Å²) in [7, 11) is 0. The Bertz CT molecular complexity index is 3330. The molecule has 0 aliphatic carbocycles. The van der Waals surface area contributed by atoms with E-state index < -0.39 is 0 Å². The van der Waals surface area contributed by atoms with E-state index in [0.29, 0.717) is 44.2 Å². The molecule has 0 nitrogen and oxygen atoms in total. The molecule has 0 fully saturated rings. The van der Waals surface area contributed by atoms with Crippen LogP contribution in [0.3, 0.4) is 0 Å². The van der Waals surface area contributed by atoms with Gasteiger partial charge in [-0.25, -0.2) is 0 Å². The lowest BCUT2D eigenvalue weighted by Gasteiger charge is -2.20. The minimum atomic E-state index is -0.389. The van der Waals surface area contributed by atoms with Crippen LogP contribution in [0.1, 0.15) is 9.60 Å².